The number of benzene rings is 1. The van der Waals surface area contributed by atoms with Gasteiger partial charge in [0.2, 0.25) is 0 Å². The lowest BCUT2D eigenvalue weighted by molar-refractivity contribution is 1.47. The molecule has 3 nitrogen and oxygen atoms in total. The van der Waals surface area contributed by atoms with Crippen LogP contribution in [-0.4, -0.2) is 8.07 Å². The predicted octanol–water partition coefficient (Wildman–Crippen LogP) is 4.52. The molecule has 0 aliphatic heterocycles. The van der Waals surface area contributed by atoms with Gasteiger partial charge in [0.15, 0.2) is 0 Å². The Balaban J connectivity index is 2.92. The third kappa shape index (κ3) is 4.49. The van der Waals surface area contributed by atoms with Crippen molar-refractivity contribution in [3.63, 3.8) is 0 Å². The molecule has 0 radical (unpaired) electrons. The molecule has 78 valence electrons. The van der Waals surface area contributed by atoms with E-state index in [9.17, 15) is 0 Å². The summed E-state index contributed by atoms with van der Waals surface area (Å²) in [5, 5.41) is 3.57. The number of rotatable bonds is 3. The Labute approximate surface area is 91.1 Å². The van der Waals surface area contributed by atoms with Gasteiger partial charge >= 0.3 is 0 Å². The number of hydrogen-bond donors (Lipinski definition) is 0. The summed E-state index contributed by atoms with van der Waals surface area (Å²) >= 11 is 0. The molecule has 0 atom stereocenters. The van der Waals surface area contributed by atoms with Gasteiger partial charge < -0.3 is 0 Å². The highest BCUT2D eigenvalue weighted by Crippen LogP contribution is 2.16. The Bertz CT molecular complexity index is 412. The van der Waals surface area contributed by atoms with Crippen LogP contribution in [0.4, 0.5) is 5.69 Å². The van der Waals surface area contributed by atoms with Crippen molar-refractivity contribution in [3.8, 4) is 0 Å². The lowest BCUT2D eigenvalue weighted by Crippen LogP contribution is -2.15. The molecule has 15 heavy (non-hydrogen) atoms. The van der Waals surface area contributed by atoms with Crippen molar-refractivity contribution in [1.82, 2.24) is 0 Å². The van der Waals surface area contributed by atoms with Crippen LogP contribution in [0.2, 0.25) is 19.6 Å². The number of azide groups is 1. The summed E-state index contributed by atoms with van der Waals surface area (Å²) in [5.41, 5.74) is 12.3. The van der Waals surface area contributed by atoms with E-state index in [0.29, 0.717) is 5.69 Å². The van der Waals surface area contributed by atoms with Crippen molar-refractivity contribution >= 4 is 19.8 Å². The standard InChI is InChI=1S/C11H15N3Si/c1-15(2,3)8-7-10-5-4-6-11(9-10)13-14-12/h4-9H,1-3H3. The number of hydrogen-bond acceptors (Lipinski definition) is 1. The first kappa shape index (κ1) is 11.6. The van der Waals surface area contributed by atoms with E-state index in [2.05, 4.69) is 41.4 Å². The minimum Gasteiger partial charge on any atom is -0.0944 e. The van der Waals surface area contributed by atoms with Gasteiger partial charge in [-0.1, -0.05) is 54.7 Å². The van der Waals surface area contributed by atoms with E-state index < -0.39 is 8.07 Å². The van der Waals surface area contributed by atoms with Gasteiger partial charge in [-0.15, -0.1) is 0 Å². The third-order valence-electron chi connectivity index (χ3n) is 1.81. The second kappa shape index (κ2) is 4.82. The maximum atomic E-state index is 8.32. The second-order valence-corrected chi connectivity index (χ2v) is 9.55. The SMILES string of the molecule is C[Si](C)(C)C=Cc1cccc(N=[N+]=[N-])c1. The van der Waals surface area contributed by atoms with Crippen LogP contribution < -0.4 is 0 Å². The van der Waals surface area contributed by atoms with Crippen molar-refractivity contribution < 1.29 is 0 Å². The zero-order chi connectivity index (χ0) is 11.3. The first-order valence-corrected chi connectivity index (χ1v) is 8.43. The average Bonchev–Trinajstić information content (AvgIpc) is 2.15. The largest absolute Gasteiger partial charge is 0.0944 e. The summed E-state index contributed by atoms with van der Waals surface area (Å²) in [5.74, 6) is 0. The van der Waals surface area contributed by atoms with Gasteiger partial charge in [0.1, 0.15) is 0 Å². The van der Waals surface area contributed by atoms with Crippen LogP contribution >= 0.6 is 0 Å². The molecule has 1 aromatic rings. The lowest BCUT2D eigenvalue weighted by atomic mass is 10.2. The molecule has 0 N–H and O–H groups in total. The van der Waals surface area contributed by atoms with E-state index in [1.54, 1.807) is 6.07 Å². The smallest absolute Gasteiger partial charge is 0.0687 e. The molecule has 1 rings (SSSR count). The van der Waals surface area contributed by atoms with Crippen molar-refractivity contribution in [2.24, 2.45) is 5.11 Å². The fourth-order valence-electron chi connectivity index (χ4n) is 1.09. The summed E-state index contributed by atoms with van der Waals surface area (Å²) in [6, 6.07) is 7.59. The summed E-state index contributed by atoms with van der Waals surface area (Å²) < 4.78 is 0. The van der Waals surface area contributed by atoms with Crippen LogP contribution in [0.1, 0.15) is 5.56 Å². The van der Waals surface area contributed by atoms with E-state index in [1.807, 2.05) is 18.2 Å². The summed E-state index contributed by atoms with van der Waals surface area (Å²) in [7, 11) is -1.16. The molecule has 0 aromatic heterocycles. The van der Waals surface area contributed by atoms with Crippen LogP contribution in [0.15, 0.2) is 35.1 Å². The first-order valence-electron chi connectivity index (χ1n) is 4.86. The molecule has 0 spiro atoms. The molecule has 4 heteroatoms. The maximum absolute atomic E-state index is 8.32. The molecular formula is C11H15N3Si. The van der Waals surface area contributed by atoms with Gasteiger partial charge in [0.05, 0.1) is 8.07 Å². The predicted molar refractivity (Wildman–Crippen MR) is 67.6 cm³/mol. The van der Waals surface area contributed by atoms with E-state index >= 15 is 0 Å². The molecule has 1 aromatic carbocycles. The zero-order valence-corrected chi connectivity index (χ0v) is 10.3. The first-order chi connectivity index (χ1) is 7.01. The van der Waals surface area contributed by atoms with E-state index in [4.69, 9.17) is 5.53 Å². The topological polar surface area (TPSA) is 48.8 Å². The van der Waals surface area contributed by atoms with Crippen molar-refractivity contribution in [1.29, 1.82) is 0 Å². The normalized spacial score (nSPS) is 11.4. The van der Waals surface area contributed by atoms with Gasteiger partial charge in [-0.3, -0.25) is 0 Å². The Morgan fingerprint density at radius 1 is 1.33 bits per heavy atom. The van der Waals surface area contributed by atoms with Gasteiger partial charge in [-0.2, -0.15) is 0 Å². The fourth-order valence-corrected chi connectivity index (χ4v) is 1.78. The van der Waals surface area contributed by atoms with E-state index in [-0.39, 0.29) is 0 Å². The van der Waals surface area contributed by atoms with Gasteiger partial charge in [0.25, 0.3) is 0 Å². The van der Waals surface area contributed by atoms with Gasteiger partial charge in [-0.25, -0.2) is 0 Å². The molecule has 0 aliphatic carbocycles. The second-order valence-electron chi connectivity index (χ2n) is 4.48. The quantitative estimate of drug-likeness (QED) is 0.309. The van der Waals surface area contributed by atoms with Crippen LogP contribution in [0.25, 0.3) is 16.5 Å². The van der Waals surface area contributed by atoms with Crippen molar-refractivity contribution in [2.45, 2.75) is 19.6 Å². The van der Waals surface area contributed by atoms with Crippen molar-refractivity contribution in [3.05, 3.63) is 46.0 Å². The fraction of sp³-hybridized carbons (Fsp3) is 0.273. The zero-order valence-electron chi connectivity index (χ0n) is 9.31. The van der Waals surface area contributed by atoms with Gasteiger partial charge in [-0.05, 0) is 17.2 Å². The highest BCUT2D eigenvalue weighted by Gasteiger charge is 2.06. The molecular weight excluding hydrogens is 202 g/mol. The van der Waals surface area contributed by atoms with E-state index in [0.717, 1.165) is 5.56 Å². The summed E-state index contributed by atoms with van der Waals surface area (Å²) in [4.78, 5) is 2.77. The average molecular weight is 217 g/mol. The Morgan fingerprint density at radius 3 is 2.67 bits per heavy atom. The minimum absolute atomic E-state index is 0.662. The molecule has 0 saturated carbocycles. The highest BCUT2D eigenvalue weighted by atomic mass is 28.3. The maximum Gasteiger partial charge on any atom is 0.0687 e. The van der Waals surface area contributed by atoms with Gasteiger partial charge in [0, 0.05) is 10.6 Å². The lowest BCUT2D eigenvalue weighted by Gasteiger charge is -2.08. The minimum atomic E-state index is -1.16. The molecule has 0 unspecified atom stereocenters. The van der Waals surface area contributed by atoms with Crippen LogP contribution in [0, 0.1) is 0 Å². The molecule has 0 amide bonds. The van der Waals surface area contributed by atoms with Crippen LogP contribution in [-0.2, 0) is 0 Å². The molecule has 0 aliphatic rings. The van der Waals surface area contributed by atoms with Crippen LogP contribution in [0.5, 0.6) is 0 Å². The molecule has 0 saturated heterocycles. The van der Waals surface area contributed by atoms with E-state index in [1.165, 1.54) is 0 Å². The summed E-state index contributed by atoms with van der Waals surface area (Å²) in [6.45, 7) is 6.84. The third-order valence-corrected chi connectivity index (χ3v) is 2.97. The molecule has 0 heterocycles. The monoisotopic (exact) mass is 217 g/mol. The molecule has 0 fully saturated rings. The Morgan fingerprint density at radius 2 is 2.07 bits per heavy atom. The highest BCUT2D eigenvalue weighted by molar-refractivity contribution is 6.81. The Kier molecular flexibility index (Phi) is 3.72. The summed E-state index contributed by atoms with van der Waals surface area (Å²) in [6.07, 6.45) is 2.10. The van der Waals surface area contributed by atoms with Crippen LogP contribution in [0.3, 0.4) is 0 Å². The Hall–Kier alpha value is -1.51. The van der Waals surface area contributed by atoms with Crippen molar-refractivity contribution in [2.75, 3.05) is 0 Å². The number of nitrogens with zero attached hydrogens (tertiary/aromatic N) is 3. The molecule has 0 bridgehead atoms.